The summed E-state index contributed by atoms with van der Waals surface area (Å²) in [6, 6.07) is 5.72. The van der Waals surface area contributed by atoms with E-state index in [0.29, 0.717) is 24.5 Å². The molecule has 1 aromatic rings. The van der Waals surface area contributed by atoms with Crippen LogP contribution >= 0.6 is 0 Å². The smallest absolute Gasteiger partial charge is 0.222 e. The number of aryl methyl sites for hydroxylation is 1. The van der Waals surface area contributed by atoms with Crippen molar-refractivity contribution >= 4 is 11.6 Å². The van der Waals surface area contributed by atoms with Crippen molar-refractivity contribution in [3.05, 3.63) is 36.4 Å². The van der Waals surface area contributed by atoms with Gasteiger partial charge in [0, 0.05) is 19.5 Å². The average Bonchev–Trinajstić information content (AvgIpc) is 2.52. The van der Waals surface area contributed by atoms with Crippen LogP contribution in [-0.2, 0) is 11.2 Å². The highest BCUT2D eigenvalue weighted by Crippen LogP contribution is 2.23. The zero-order chi connectivity index (χ0) is 15.1. The number of hydrogen-bond donors (Lipinski definition) is 1. The van der Waals surface area contributed by atoms with Gasteiger partial charge in [0.05, 0.1) is 5.69 Å². The number of likely N-dealkylation sites (tertiary alicyclic amines) is 1. The Hall–Kier alpha value is -1.97. The fourth-order valence-electron chi connectivity index (χ4n) is 2.59. The molecule has 21 heavy (non-hydrogen) atoms. The van der Waals surface area contributed by atoms with E-state index in [1.165, 1.54) is 6.42 Å². The Morgan fingerprint density at radius 1 is 1.33 bits per heavy atom. The molecule has 114 valence electrons. The van der Waals surface area contributed by atoms with E-state index >= 15 is 0 Å². The third-order valence-corrected chi connectivity index (χ3v) is 3.77. The van der Waals surface area contributed by atoms with Gasteiger partial charge in [-0.1, -0.05) is 18.7 Å². The van der Waals surface area contributed by atoms with Crippen LogP contribution in [0.1, 0.15) is 31.2 Å². The molecular formula is C17H24N2O2. The molecule has 0 atom stereocenters. The maximum absolute atomic E-state index is 12.1. The molecule has 0 unspecified atom stereocenters. The lowest BCUT2D eigenvalue weighted by molar-refractivity contribution is -0.132. The SMILES string of the molecule is C=CCOc1ccc(CCC(=O)N2CCCCC2)cc1N. The number of rotatable bonds is 6. The maximum Gasteiger partial charge on any atom is 0.222 e. The molecule has 1 aliphatic heterocycles. The van der Waals surface area contributed by atoms with Crippen molar-refractivity contribution in [2.45, 2.75) is 32.1 Å². The fourth-order valence-corrected chi connectivity index (χ4v) is 2.59. The van der Waals surface area contributed by atoms with Crippen LogP contribution in [0.5, 0.6) is 5.75 Å². The van der Waals surface area contributed by atoms with Gasteiger partial charge in [-0.25, -0.2) is 0 Å². The lowest BCUT2D eigenvalue weighted by Gasteiger charge is -2.26. The van der Waals surface area contributed by atoms with Crippen molar-refractivity contribution in [3.63, 3.8) is 0 Å². The van der Waals surface area contributed by atoms with Gasteiger partial charge in [0.1, 0.15) is 12.4 Å². The van der Waals surface area contributed by atoms with E-state index < -0.39 is 0 Å². The molecule has 0 radical (unpaired) electrons. The third-order valence-electron chi connectivity index (χ3n) is 3.77. The summed E-state index contributed by atoms with van der Waals surface area (Å²) in [6.07, 6.45) is 6.47. The van der Waals surface area contributed by atoms with Crippen molar-refractivity contribution in [3.8, 4) is 5.75 Å². The topological polar surface area (TPSA) is 55.6 Å². The number of carbonyl (C=O) groups excluding carboxylic acids is 1. The molecule has 4 nitrogen and oxygen atoms in total. The first-order valence-corrected chi connectivity index (χ1v) is 7.60. The van der Waals surface area contributed by atoms with Crippen molar-refractivity contribution < 1.29 is 9.53 Å². The lowest BCUT2D eigenvalue weighted by Crippen LogP contribution is -2.35. The molecular weight excluding hydrogens is 264 g/mol. The first kappa shape index (κ1) is 15.4. The maximum atomic E-state index is 12.1. The van der Waals surface area contributed by atoms with E-state index in [2.05, 4.69) is 6.58 Å². The minimum atomic E-state index is 0.250. The number of ether oxygens (including phenoxy) is 1. The zero-order valence-electron chi connectivity index (χ0n) is 12.5. The summed E-state index contributed by atoms with van der Waals surface area (Å²) in [6.45, 7) is 5.87. The molecule has 1 amide bonds. The quantitative estimate of drug-likeness (QED) is 0.647. The highest BCUT2D eigenvalue weighted by atomic mass is 16.5. The zero-order valence-corrected chi connectivity index (χ0v) is 12.5. The molecule has 2 N–H and O–H groups in total. The Morgan fingerprint density at radius 2 is 2.10 bits per heavy atom. The van der Waals surface area contributed by atoms with E-state index in [-0.39, 0.29) is 5.91 Å². The Morgan fingerprint density at radius 3 is 2.76 bits per heavy atom. The van der Waals surface area contributed by atoms with Crippen molar-refractivity contribution in [1.29, 1.82) is 0 Å². The number of amides is 1. The second kappa shape index (κ2) is 7.72. The van der Waals surface area contributed by atoms with Gasteiger partial charge in [-0.3, -0.25) is 4.79 Å². The van der Waals surface area contributed by atoms with Gasteiger partial charge in [-0.15, -0.1) is 0 Å². The number of carbonyl (C=O) groups is 1. The Bertz CT molecular complexity index is 494. The second-order valence-electron chi connectivity index (χ2n) is 5.41. The number of nitrogens with zero attached hydrogens (tertiary/aromatic N) is 1. The normalized spacial score (nSPS) is 14.8. The summed E-state index contributed by atoms with van der Waals surface area (Å²) >= 11 is 0. The summed E-state index contributed by atoms with van der Waals surface area (Å²) in [5, 5.41) is 0. The molecule has 0 aliphatic carbocycles. The summed E-state index contributed by atoms with van der Waals surface area (Å²) < 4.78 is 5.44. The molecule has 1 aromatic carbocycles. The number of anilines is 1. The van der Waals surface area contributed by atoms with Crippen LogP contribution in [0.15, 0.2) is 30.9 Å². The van der Waals surface area contributed by atoms with E-state index in [9.17, 15) is 4.79 Å². The van der Waals surface area contributed by atoms with Gasteiger partial charge in [0.2, 0.25) is 5.91 Å². The molecule has 0 saturated carbocycles. The fraction of sp³-hybridized carbons (Fsp3) is 0.471. The van der Waals surface area contributed by atoms with Crippen molar-refractivity contribution in [2.75, 3.05) is 25.4 Å². The highest BCUT2D eigenvalue weighted by Gasteiger charge is 2.16. The molecule has 2 rings (SSSR count). The predicted octanol–water partition coefficient (Wildman–Crippen LogP) is 2.78. The summed E-state index contributed by atoms with van der Waals surface area (Å²) in [4.78, 5) is 14.1. The molecule has 1 fully saturated rings. The Balaban J connectivity index is 1.86. The number of benzene rings is 1. The second-order valence-corrected chi connectivity index (χ2v) is 5.41. The number of nitrogen functional groups attached to an aromatic ring is 1. The number of piperidine rings is 1. The van der Waals surface area contributed by atoms with Crippen LogP contribution in [-0.4, -0.2) is 30.5 Å². The number of hydrogen-bond acceptors (Lipinski definition) is 3. The molecule has 1 heterocycles. The summed E-state index contributed by atoms with van der Waals surface area (Å²) in [5.74, 6) is 0.918. The third kappa shape index (κ3) is 4.52. The summed E-state index contributed by atoms with van der Waals surface area (Å²) in [5.41, 5.74) is 7.64. The molecule has 1 aliphatic rings. The van der Waals surface area contributed by atoms with Crippen LogP contribution in [0.3, 0.4) is 0 Å². The molecule has 0 spiro atoms. The first-order valence-electron chi connectivity index (χ1n) is 7.60. The van der Waals surface area contributed by atoms with Gasteiger partial charge < -0.3 is 15.4 Å². The average molecular weight is 288 g/mol. The van der Waals surface area contributed by atoms with Crippen LogP contribution in [0.2, 0.25) is 0 Å². The van der Waals surface area contributed by atoms with Gasteiger partial charge in [0.25, 0.3) is 0 Å². The van der Waals surface area contributed by atoms with Crippen LogP contribution in [0.25, 0.3) is 0 Å². The van der Waals surface area contributed by atoms with E-state index in [1.807, 2.05) is 23.1 Å². The van der Waals surface area contributed by atoms with Gasteiger partial charge >= 0.3 is 0 Å². The highest BCUT2D eigenvalue weighted by molar-refractivity contribution is 5.76. The minimum Gasteiger partial charge on any atom is -0.487 e. The monoisotopic (exact) mass is 288 g/mol. The van der Waals surface area contributed by atoms with Gasteiger partial charge in [-0.2, -0.15) is 0 Å². The lowest BCUT2D eigenvalue weighted by atomic mass is 10.1. The first-order chi connectivity index (χ1) is 10.2. The van der Waals surface area contributed by atoms with Crippen molar-refractivity contribution in [1.82, 2.24) is 4.90 Å². The van der Waals surface area contributed by atoms with Crippen LogP contribution in [0.4, 0.5) is 5.69 Å². The molecule has 0 bridgehead atoms. The van der Waals surface area contributed by atoms with E-state index in [4.69, 9.17) is 10.5 Å². The largest absolute Gasteiger partial charge is 0.487 e. The van der Waals surface area contributed by atoms with Gasteiger partial charge in [-0.05, 0) is 43.4 Å². The van der Waals surface area contributed by atoms with Crippen LogP contribution < -0.4 is 10.5 Å². The Kier molecular flexibility index (Phi) is 5.67. The molecule has 1 saturated heterocycles. The summed E-state index contributed by atoms with van der Waals surface area (Å²) in [7, 11) is 0. The predicted molar refractivity (Wildman–Crippen MR) is 85.3 cm³/mol. The standard InChI is InChI=1S/C17H24N2O2/c1-2-12-21-16-8-6-14(13-15(16)18)7-9-17(20)19-10-4-3-5-11-19/h2,6,8,13H,1,3-5,7,9-12,18H2. The van der Waals surface area contributed by atoms with Crippen LogP contribution in [0, 0.1) is 0 Å². The van der Waals surface area contributed by atoms with E-state index in [0.717, 1.165) is 37.9 Å². The molecule has 0 aromatic heterocycles. The minimum absolute atomic E-state index is 0.250. The number of nitrogens with two attached hydrogens (primary N) is 1. The Labute approximate surface area is 126 Å². The molecule has 4 heteroatoms. The van der Waals surface area contributed by atoms with Crippen molar-refractivity contribution in [2.24, 2.45) is 0 Å². The van der Waals surface area contributed by atoms with E-state index in [1.54, 1.807) is 6.08 Å². The van der Waals surface area contributed by atoms with Gasteiger partial charge in [0.15, 0.2) is 0 Å².